The van der Waals surface area contributed by atoms with Crippen molar-refractivity contribution in [2.75, 3.05) is 14.2 Å². The minimum absolute atomic E-state index is 0.0584. The molecule has 1 aliphatic heterocycles. The predicted octanol–water partition coefficient (Wildman–Crippen LogP) is 5.21. The Morgan fingerprint density at radius 3 is 2.84 bits per heavy atom. The second-order valence-electron chi connectivity index (χ2n) is 8.57. The van der Waals surface area contributed by atoms with Gasteiger partial charge >= 0.3 is 0 Å². The van der Waals surface area contributed by atoms with Crippen LogP contribution in [-0.4, -0.2) is 46.5 Å². The van der Waals surface area contributed by atoms with Crippen molar-refractivity contribution in [2.45, 2.75) is 63.4 Å². The van der Waals surface area contributed by atoms with E-state index in [1.165, 1.54) is 4.90 Å². The van der Waals surface area contributed by atoms with Crippen LogP contribution < -0.4 is 4.74 Å². The Kier molecular flexibility index (Phi) is 7.20. The summed E-state index contributed by atoms with van der Waals surface area (Å²) < 4.78 is 17.4. The van der Waals surface area contributed by atoms with E-state index in [-0.39, 0.29) is 22.5 Å². The van der Waals surface area contributed by atoms with Gasteiger partial charge in [0.15, 0.2) is 0 Å². The molecule has 1 aromatic carbocycles. The highest BCUT2D eigenvalue weighted by Gasteiger charge is 2.37. The maximum Gasteiger partial charge on any atom is 0.288 e. The van der Waals surface area contributed by atoms with Gasteiger partial charge in [-0.2, -0.15) is 0 Å². The van der Waals surface area contributed by atoms with Crippen LogP contribution in [0.4, 0.5) is 4.79 Å². The predicted molar refractivity (Wildman–Crippen MR) is 123 cm³/mol. The van der Waals surface area contributed by atoms with Gasteiger partial charge in [0, 0.05) is 12.6 Å². The van der Waals surface area contributed by atoms with Gasteiger partial charge in [0.05, 0.1) is 25.1 Å². The molecule has 2 aromatic rings. The van der Waals surface area contributed by atoms with Crippen LogP contribution >= 0.6 is 11.8 Å². The lowest BCUT2D eigenvalue weighted by molar-refractivity contribution is -0.125. The molecule has 1 aromatic heterocycles. The fourth-order valence-electron chi connectivity index (χ4n) is 4.42. The largest absolute Gasteiger partial charge is 0.497 e. The molecule has 1 saturated heterocycles. The number of rotatable bonds is 8. The van der Waals surface area contributed by atoms with E-state index in [9.17, 15) is 9.59 Å². The fraction of sp³-hybridized carbons (Fsp3) is 0.542. The molecule has 3 unspecified atom stereocenters. The van der Waals surface area contributed by atoms with Gasteiger partial charge in [-0.3, -0.25) is 14.5 Å². The number of carbonyl (C=O) groups excluding carboxylic acids is 2. The lowest BCUT2D eigenvalue weighted by Crippen LogP contribution is -2.28. The summed E-state index contributed by atoms with van der Waals surface area (Å²) in [5.41, 5.74) is 1.69. The summed E-state index contributed by atoms with van der Waals surface area (Å²) >= 11 is 1.16. The number of nitrogens with zero attached hydrogens (tertiary/aromatic N) is 2. The number of thioether (sulfide) groups is 1. The van der Waals surface area contributed by atoms with Crippen LogP contribution in [0.25, 0.3) is 11.5 Å². The highest BCUT2D eigenvalue weighted by atomic mass is 32.2. The maximum absolute atomic E-state index is 12.1. The number of oxazole rings is 1. The van der Waals surface area contributed by atoms with Gasteiger partial charge in [-0.15, -0.1) is 0 Å². The highest BCUT2D eigenvalue weighted by Crippen LogP contribution is 2.35. The number of methoxy groups -OCH3 is 1. The van der Waals surface area contributed by atoms with Crippen molar-refractivity contribution in [3.63, 3.8) is 0 Å². The zero-order valence-electron chi connectivity index (χ0n) is 18.8. The van der Waals surface area contributed by atoms with Crippen LogP contribution in [0.15, 0.2) is 28.7 Å². The number of imide groups is 1. The minimum Gasteiger partial charge on any atom is -0.497 e. The van der Waals surface area contributed by atoms with E-state index >= 15 is 0 Å². The number of aromatic nitrogens is 1. The lowest BCUT2D eigenvalue weighted by atomic mass is 9.84. The number of aryl methyl sites for hydroxylation is 1. The average molecular weight is 459 g/mol. The molecule has 7 nitrogen and oxygen atoms in total. The zero-order valence-corrected chi connectivity index (χ0v) is 19.7. The van der Waals surface area contributed by atoms with E-state index in [1.54, 1.807) is 14.2 Å². The van der Waals surface area contributed by atoms with Gasteiger partial charge in [-0.1, -0.05) is 30.7 Å². The molecule has 4 rings (SSSR count). The molecule has 1 saturated carbocycles. The van der Waals surface area contributed by atoms with E-state index < -0.39 is 0 Å². The molecular formula is C24H30N2O5S. The Morgan fingerprint density at radius 1 is 1.25 bits per heavy atom. The third-order valence-corrected chi connectivity index (χ3v) is 7.56. The van der Waals surface area contributed by atoms with Crippen LogP contribution in [0.3, 0.4) is 0 Å². The van der Waals surface area contributed by atoms with E-state index in [1.807, 2.05) is 31.2 Å². The summed E-state index contributed by atoms with van der Waals surface area (Å²) in [5.74, 6) is 2.56. The van der Waals surface area contributed by atoms with Crippen molar-refractivity contribution in [2.24, 2.45) is 5.92 Å². The smallest absolute Gasteiger partial charge is 0.288 e. The molecule has 0 bridgehead atoms. The number of carbonyl (C=O) groups is 2. The van der Waals surface area contributed by atoms with Gasteiger partial charge in [-0.25, -0.2) is 4.98 Å². The molecule has 8 heteroatoms. The standard InChI is InChI=1S/C24H30N2O5S/c1-15-20(25-22(31-15)17-7-5-8-18(13-17)29-3)14-30-19-9-4-6-16(12-19)10-11-21-23(27)26(2)24(28)32-21/h5,7-8,13,16,19,21H,4,6,9-12,14H2,1-3H3. The number of amides is 2. The molecule has 2 fully saturated rings. The van der Waals surface area contributed by atoms with Crippen LogP contribution in [0.2, 0.25) is 0 Å². The Bertz CT molecular complexity index is 975. The van der Waals surface area contributed by atoms with Crippen LogP contribution in [0.1, 0.15) is 50.0 Å². The summed E-state index contributed by atoms with van der Waals surface area (Å²) in [4.78, 5) is 29.7. The van der Waals surface area contributed by atoms with E-state index in [0.717, 1.165) is 73.1 Å². The molecular weight excluding hydrogens is 428 g/mol. The van der Waals surface area contributed by atoms with Crippen LogP contribution in [-0.2, 0) is 16.1 Å². The average Bonchev–Trinajstić information content (AvgIpc) is 3.30. The molecule has 0 N–H and O–H groups in total. The molecule has 0 radical (unpaired) electrons. The van der Waals surface area contributed by atoms with Crippen molar-refractivity contribution in [3.8, 4) is 17.2 Å². The normalized spacial score (nSPS) is 23.7. The molecule has 0 spiro atoms. The van der Waals surface area contributed by atoms with Crippen molar-refractivity contribution in [3.05, 3.63) is 35.7 Å². The first-order valence-corrected chi connectivity index (χ1v) is 12.0. The molecule has 172 valence electrons. The Hall–Kier alpha value is -2.32. The summed E-state index contributed by atoms with van der Waals surface area (Å²) in [7, 11) is 3.20. The molecule has 3 atom stereocenters. The third-order valence-electron chi connectivity index (χ3n) is 6.36. The van der Waals surface area contributed by atoms with Gasteiger partial charge in [0.25, 0.3) is 5.24 Å². The third kappa shape index (κ3) is 5.18. The maximum atomic E-state index is 12.1. The Labute approximate surface area is 192 Å². The zero-order chi connectivity index (χ0) is 22.7. The first-order chi connectivity index (χ1) is 15.4. The molecule has 2 aliphatic rings. The first kappa shape index (κ1) is 22.9. The minimum atomic E-state index is -0.221. The molecule has 1 aliphatic carbocycles. The molecule has 2 amide bonds. The molecule has 2 heterocycles. The lowest BCUT2D eigenvalue weighted by Gasteiger charge is -2.29. The number of ether oxygens (including phenoxy) is 2. The highest BCUT2D eigenvalue weighted by molar-refractivity contribution is 8.15. The summed E-state index contributed by atoms with van der Waals surface area (Å²) in [6.45, 7) is 2.33. The topological polar surface area (TPSA) is 81.9 Å². The fourth-order valence-corrected chi connectivity index (χ4v) is 5.42. The summed E-state index contributed by atoms with van der Waals surface area (Å²) in [5, 5.41) is -0.359. The van der Waals surface area contributed by atoms with Crippen molar-refractivity contribution in [1.82, 2.24) is 9.88 Å². The van der Waals surface area contributed by atoms with Gasteiger partial charge in [-0.05, 0) is 56.7 Å². The second-order valence-corrected chi connectivity index (χ2v) is 9.72. The van der Waals surface area contributed by atoms with E-state index in [4.69, 9.17) is 13.9 Å². The number of hydrogen-bond donors (Lipinski definition) is 0. The Morgan fingerprint density at radius 2 is 2.09 bits per heavy atom. The SMILES string of the molecule is COc1cccc(-c2nc(COC3CCCC(CCC4SC(=O)N(C)C4=O)C3)c(C)o2)c1. The van der Waals surface area contributed by atoms with Crippen molar-refractivity contribution in [1.29, 1.82) is 0 Å². The van der Waals surface area contributed by atoms with Crippen LogP contribution in [0.5, 0.6) is 5.75 Å². The second kappa shape index (κ2) is 10.1. The van der Waals surface area contributed by atoms with Crippen molar-refractivity contribution < 1.29 is 23.5 Å². The first-order valence-electron chi connectivity index (χ1n) is 11.1. The Balaban J connectivity index is 1.29. The van der Waals surface area contributed by atoms with Gasteiger partial charge < -0.3 is 13.9 Å². The van der Waals surface area contributed by atoms with E-state index in [0.29, 0.717) is 18.4 Å². The quantitative estimate of drug-likeness (QED) is 0.537. The van der Waals surface area contributed by atoms with E-state index in [2.05, 4.69) is 4.98 Å². The summed E-state index contributed by atoms with van der Waals surface area (Å²) in [6.07, 6.45) is 6.17. The number of benzene rings is 1. The van der Waals surface area contributed by atoms with Crippen molar-refractivity contribution >= 4 is 22.9 Å². The van der Waals surface area contributed by atoms with Crippen LogP contribution in [0, 0.1) is 12.8 Å². The summed E-state index contributed by atoms with van der Waals surface area (Å²) in [6, 6.07) is 7.65. The van der Waals surface area contributed by atoms with Gasteiger partial charge in [0.2, 0.25) is 11.8 Å². The number of hydrogen-bond acceptors (Lipinski definition) is 7. The molecule has 32 heavy (non-hydrogen) atoms. The monoisotopic (exact) mass is 458 g/mol. The van der Waals surface area contributed by atoms with Gasteiger partial charge in [0.1, 0.15) is 17.2 Å².